The number of fused-ring (bicyclic) bond motifs is 1. The second-order valence-electron chi connectivity index (χ2n) is 5.59. The first-order valence-electron chi connectivity index (χ1n) is 7.59. The first kappa shape index (κ1) is 15.6. The molecule has 0 radical (unpaired) electrons. The average Bonchev–Trinajstić information content (AvgIpc) is 2.90. The summed E-state index contributed by atoms with van der Waals surface area (Å²) in [5, 5.41) is 6.02. The molecule has 7 nitrogen and oxygen atoms in total. The lowest BCUT2D eigenvalue weighted by Gasteiger charge is -2.36. The van der Waals surface area contributed by atoms with Crippen molar-refractivity contribution in [3.05, 3.63) is 34.3 Å². The highest BCUT2D eigenvalue weighted by molar-refractivity contribution is 9.10. The molecule has 0 amide bonds. The summed E-state index contributed by atoms with van der Waals surface area (Å²) >= 11 is 9.77. The number of hydrogen-bond donors (Lipinski definition) is 0. The van der Waals surface area contributed by atoms with Crippen LogP contribution in [0.4, 0.5) is 11.6 Å². The number of aromatic nitrogens is 5. The molecule has 0 unspecified atom stereocenters. The van der Waals surface area contributed by atoms with E-state index in [-0.39, 0.29) is 0 Å². The monoisotopic (exact) mass is 407 g/mol. The van der Waals surface area contributed by atoms with Gasteiger partial charge in [-0.3, -0.25) is 0 Å². The third-order valence-corrected chi connectivity index (χ3v) is 5.03. The highest BCUT2D eigenvalue weighted by Crippen LogP contribution is 2.31. The lowest BCUT2D eigenvalue weighted by atomic mass is 10.2. The van der Waals surface area contributed by atoms with Gasteiger partial charge in [-0.2, -0.15) is 5.10 Å². The van der Waals surface area contributed by atoms with E-state index in [4.69, 9.17) is 11.6 Å². The Hall–Kier alpha value is -1.93. The van der Waals surface area contributed by atoms with Gasteiger partial charge in [0.25, 0.3) is 0 Å². The molecule has 0 aliphatic carbocycles. The molecule has 0 atom stereocenters. The van der Waals surface area contributed by atoms with Crippen molar-refractivity contribution in [1.82, 2.24) is 24.7 Å². The quantitative estimate of drug-likeness (QED) is 0.649. The summed E-state index contributed by atoms with van der Waals surface area (Å²) in [7, 11) is 1.88. The zero-order valence-electron chi connectivity index (χ0n) is 13.0. The van der Waals surface area contributed by atoms with E-state index < -0.39 is 0 Å². The van der Waals surface area contributed by atoms with Gasteiger partial charge in [-0.1, -0.05) is 11.6 Å². The molecule has 1 saturated heterocycles. The molecule has 0 aromatic carbocycles. The molecule has 1 fully saturated rings. The smallest absolute Gasteiger partial charge is 0.164 e. The number of aryl methyl sites for hydroxylation is 1. The first-order valence-corrected chi connectivity index (χ1v) is 8.76. The van der Waals surface area contributed by atoms with Crippen molar-refractivity contribution in [3.63, 3.8) is 0 Å². The van der Waals surface area contributed by atoms with Crippen LogP contribution in [0.2, 0.25) is 5.02 Å². The van der Waals surface area contributed by atoms with E-state index in [2.05, 4.69) is 45.8 Å². The van der Waals surface area contributed by atoms with Crippen LogP contribution < -0.4 is 9.80 Å². The maximum absolute atomic E-state index is 6.26. The number of pyridine rings is 1. The fourth-order valence-electron chi connectivity index (χ4n) is 3.01. The number of hydrogen-bond acceptors (Lipinski definition) is 6. The Bertz CT molecular complexity index is 889. The minimum absolute atomic E-state index is 0.686. The van der Waals surface area contributed by atoms with Gasteiger partial charge >= 0.3 is 0 Å². The van der Waals surface area contributed by atoms with Crippen LogP contribution in [0.25, 0.3) is 11.0 Å². The maximum atomic E-state index is 6.26. The van der Waals surface area contributed by atoms with Crippen molar-refractivity contribution in [2.24, 2.45) is 7.05 Å². The van der Waals surface area contributed by atoms with E-state index in [0.717, 1.165) is 53.5 Å². The lowest BCUT2D eigenvalue weighted by molar-refractivity contribution is 0.643. The van der Waals surface area contributed by atoms with E-state index in [1.54, 1.807) is 17.2 Å². The zero-order valence-corrected chi connectivity index (χ0v) is 15.4. The Balaban J connectivity index is 1.60. The molecule has 0 saturated carbocycles. The van der Waals surface area contributed by atoms with Gasteiger partial charge in [-0.05, 0) is 28.1 Å². The van der Waals surface area contributed by atoms with Crippen molar-refractivity contribution in [2.45, 2.75) is 0 Å². The summed E-state index contributed by atoms with van der Waals surface area (Å²) in [6, 6.07) is 3.72. The minimum atomic E-state index is 0.686. The van der Waals surface area contributed by atoms with Gasteiger partial charge < -0.3 is 9.80 Å². The number of anilines is 2. The Morgan fingerprint density at radius 1 is 1.04 bits per heavy atom. The third-order valence-electron chi connectivity index (χ3n) is 4.18. The fourth-order valence-corrected chi connectivity index (χ4v) is 3.84. The van der Waals surface area contributed by atoms with Crippen molar-refractivity contribution in [1.29, 1.82) is 0 Å². The SMILES string of the molecule is Cn1nc(Br)c2c(N3CCN(c4ncccc4Cl)CC3)ncnc21. The summed E-state index contributed by atoms with van der Waals surface area (Å²) in [4.78, 5) is 17.7. The molecule has 24 heavy (non-hydrogen) atoms. The molecule has 3 aromatic heterocycles. The Morgan fingerprint density at radius 3 is 2.46 bits per heavy atom. The van der Waals surface area contributed by atoms with Crippen LogP contribution in [0.1, 0.15) is 0 Å². The van der Waals surface area contributed by atoms with Gasteiger partial charge in [-0.25, -0.2) is 19.6 Å². The highest BCUT2D eigenvalue weighted by atomic mass is 79.9. The molecule has 3 aromatic rings. The zero-order chi connectivity index (χ0) is 16.7. The van der Waals surface area contributed by atoms with Crippen LogP contribution in [0.5, 0.6) is 0 Å². The molecule has 124 valence electrons. The van der Waals surface area contributed by atoms with Gasteiger partial charge in [-0.15, -0.1) is 0 Å². The predicted molar refractivity (Wildman–Crippen MR) is 97.7 cm³/mol. The fraction of sp³-hybridized carbons (Fsp3) is 0.333. The number of halogens is 2. The van der Waals surface area contributed by atoms with Crippen molar-refractivity contribution in [2.75, 3.05) is 36.0 Å². The summed E-state index contributed by atoms with van der Waals surface area (Å²) in [5.41, 5.74) is 0.821. The lowest BCUT2D eigenvalue weighted by Crippen LogP contribution is -2.47. The summed E-state index contributed by atoms with van der Waals surface area (Å²) in [6.45, 7) is 3.33. The Morgan fingerprint density at radius 2 is 1.75 bits per heavy atom. The predicted octanol–water partition coefficient (Wildman–Crippen LogP) is 2.50. The van der Waals surface area contributed by atoms with Crippen LogP contribution in [-0.4, -0.2) is 50.9 Å². The van der Waals surface area contributed by atoms with E-state index in [1.165, 1.54) is 0 Å². The highest BCUT2D eigenvalue weighted by Gasteiger charge is 2.24. The second kappa shape index (κ2) is 6.18. The van der Waals surface area contributed by atoms with Gasteiger partial charge in [0.2, 0.25) is 0 Å². The largest absolute Gasteiger partial charge is 0.352 e. The molecule has 0 bridgehead atoms. The van der Waals surface area contributed by atoms with Crippen LogP contribution in [0.15, 0.2) is 29.3 Å². The van der Waals surface area contributed by atoms with E-state index in [1.807, 2.05) is 19.2 Å². The van der Waals surface area contributed by atoms with E-state index in [0.29, 0.717) is 5.02 Å². The Kier molecular flexibility index (Phi) is 4.01. The summed E-state index contributed by atoms with van der Waals surface area (Å²) < 4.78 is 2.53. The molecule has 4 rings (SSSR count). The molecular formula is C15H15BrClN7. The number of nitrogens with zero attached hydrogens (tertiary/aromatic N) is 7. The minimum Gasteiger partial charge on any atom is -0.352 e. The topological polar surface area (TPSA) is 63.0 Å². The molecular weight excluding hydrogens is 394 g/mol. The molecule has 4 heterocycles. The van der Waals surface area contributed by atoms with Crippen LogP contribution in [0.3, 0.4) is 0 Å². The average molecular weight is 409 g/mol. The van der Waals surface area contributed by atoms with Crippen LogP contribution >= 0.6 is 27.5 Å². The van der Waals surface area contributed by atoms with Gasteiger partial charge in [0.05, 0.1) is 10.4 Å². The van der Waals surface area contributed by atoms with E-state index in [9.17, 15) is 0 Å². The van der Waals surface area contributed by atoms with Crippen molar-refractivity contribution < 1.29 is 0 Å². The normalized spacial score (nSPS) is 15.3. The molecule has 1 aliphatic rings. The second-order valence-corrected chi connectivity index (χ2v) is 6.75. The van der Waals surface area contributed by atoms with Crippen molar-refractivity contribution >= 4 is 50.2 Å². The van der Waals surface area contributed by atoms with Crippen LogP contribution in [0, 0.1) is 0 Å². The summed E-state index contributed by atoms with van der Waals surface area (Å²) in [5.74, 6) is 1.75. The van der Waals surface area contributed by atoms with Gasteiger partial charge in [0.15, 0.2) is 5.65 Å². The Labute approximate surface area is 152 Å². The summed E-state index contributed by atoms with van der Waals surface area (Å²) in [6.07, 6.45) is 3.36. The maximum Gasteiger partial charge on any atom is 0.164 e. The molecule has 0 spiro atoms. The molecule has 1 aliphatic heterocycles. The third kappa shape index (κ3) is 2.59. The number of rotatable bonds is 2. The van der Waals surface area contributed by atoms with Gasteiger partial charge in [0.1, 0.15) is 22.6 Å². The molecule has 9 heteroatoms. The van der Waals surface area contributed by atoms with E-state index >= 15 is 0 Å². The van der Waals surface area contributed by atoms with Crippen molar-refractivity contribution in [3.8, 4) is 0 Å². The van der Waals surface area contributed by atoms with Gasteiger partial charge in [0, 0.05) is 39.4 Å². The number of piperazine rings is 1. The first-order chi connectivity index (χ1) is 11.6. The molecule has 0 N–H and O–H groups in total. The standard InChI is InChI=1S/C15H15BrClN7/c1-22-14-11(12(16)21-22)15(20-9-19-14)24-7-5-23(6-8-24)13-10(17)3-2-4-18-13/h2-4,9H,5-8H2,1H3. The van der Waals surface area contributed by atoms with Crippen LogP contribution in [-0.2, 0) is 7.05 Å².